The lowest BCUT2D eigenvalue weighted by Gasteiger charge is -2.29. The predicted octanol–water partition coefficient (Wildman–Crippen LogP) is 3.73. The van der Waals surface area contributed by atoms with Gasteiger partial charge in [-0.05, 0) is 40.0 Å². The van der Waals surface area contributed by atoms with E-state index in [9.17, 15) is 19.5 Å². The molecule has 1 unspecified atom stereocenters. The highest BCUT2D eigenvalue weighted by Gasteiger charge is 2.61. The smallest absolute Gasteiger partial charge is 0.407 e. The highest BCUT2D eigenvalue weighted by molar-refractivity contribution is 5.87. The topological polar surface area (TPSA) is 95.9 Å². The standard InChI is InChI=1S/C27H30N2O5/c1-3-15(2)24(25(30)29-12-20-21(13-29)23(20)26(31)32)28-27(33)34-14-22-18-10-6-4-8-16(18)17-9-5-7-11-19(17)22/h4-11,15,20-24H,3,12-14H2,1-2H3,(H,28,33)(H,31,32)/t15-,20-,21+,23?,24-/m0/s1. The summed E-state index contributed by atoms with van der Waals surface area (Å²) in [6, 6.07) is 15.6. The Morgan fingerprint density at radius 2 is 1.59 bits per heavy atom. The number of likely N-dealkylation sites (tertiary alicyclic amines) is 1. The molecule has 2 aromatic carbocycles. The summed E-state index contributed by atoms with van der Waals surface area (Å²) in [7, 11) is 0. The number of piperidine rings is 1. The maximum absolute atomic E-state index is 13.2. The Balaban J connectivity index is 1.23. The average Bonchev–Trinajstić information content (AvgIpc) is 3.20. The quantitative estimate of drug-likeness (QED) is 0.654. The summed E-state index contributed by atoms with van der Waals surface area (Å²) in [5, 5.41) is 12.0. The van der Waals surface area contributed by atoms with E-state index in [1.54, 1.807) is 4.90 Å². The Labute approximate surface area is 199 Å². The van der Waals surface area contributed by atoms with Gasteiger partial charge in [-0.2, -0.15) is 0 Å². The number of nitrogens with one attached hydrogen (secondary N) is 1. The molecule has 7 heteroatoms. The van der Waals surface area contributed by atoms with E-state index >= 15 is 0 Å². The lowest BCUT2D eigenvalue weighted by Crippen LogP contribution is -2.52. The molecule has 1 saturated carbocycles. The van der Waals surface area contributed by atoms with Crippen molar-refractivity contribution in [3.63, 3.8) is 0 Å². The molecule has 1 aliphatic heterocycles. The molecule has 2 aromatic rings. The first-order valence-corrected chi connectivity index (χ1v) is 12.0. The van der Waals surface area contributed by atoms with Crippen molar-refractivity contribution < 1.29 is 24.2 Å². The van der Waals surface area contributed by atoms with Crippen LogP contribution in [-0.4, -0.2) is 53.7 Å². The van der Waals surface area contributed by atoms with Crippen molar-refractivity contribution in [2.45, 2.75) is 32.2 Å². The third-order valence-electron chi connectivity index (χ3n) is 7.89. The van der Waals surface area contributed by atoms with Gasteiger partial charge in [0.15, 0.2) is 0 Å². The summed E-state index contributed by atoms with van der Waals surface area (Å²) in [4.78, 5) is 39.0. The summed E-state index contributed by atoms with van der Waals surface area (Å²) in [6.07, 6.45) is 0.117. The monoisotopic (exact) mass is 462 g/mol. The van der Waals surface area contributed by atoms with Crippen LogP contribution in [0.5, 0.6) is 0 Å². The van der Waals surface area contributed by atoms with Gasteiger partial charge in [-0.25, -0.2) is 4.79 Å². The van der Waals surface area contributed by atoms with E-state index in [1.165, 1.54) is 0 Å². The van der Waals surface area contributed by atoms with Crippen molar-refractivity contribution >= 4 is 18.0 Å². The first kappa shape index (κ1) is 22.4. The minimum atomic E-state index is -0.780. The molecule has 178 valence electrons. The first-order valence-electron chi connectivity index (χ1n) is 12.0. The van der Waals surface area contributed by atoms with E-state index in [4.69, 9.17) is 4.74 Å². The van der Waals surface area contributed by atoms with Gasteiger partial charge in [-0.3, -0.25) is 9.59 Å². The van der Waals surface area contributed by atoms with Crippen LogP contribution in [0.2, 0.25) is 0 Å². The lowest BCUT2D eigenvalue weighted by molar-refractivity contribution is -0.141. The van der Waals surface area contributed by atoms with Crippen LogP contribution in [0, 0.1) is 23.7 Å². The number of carbonyl (C=O) groups is 3. The predicted molar refractivity (Wildman–Crippen MR) is 126 cm³/mol. The third kappa shape index (κ3) is 3.83. The number of fused-ring (bicyclic) bond motifs is 4. The normalized spacial score (nSPS) is 23.9. The lowest BCUT2D eigenvalue weighted by atomic mass is 9.97. The van der Waals surface area contributed by atoms with E-state index in [0.29, 0.717) is 13.1 Å². The van der Waals surface area contributed by atoms with Gasteiger partial charge in [0.1, 0.15) is 12.6 Å². The number of benzene rings is 2. The Hall–Kier alpha value is -3.35. The van der Waals surface area contributed by atoms with Crippen LogP contribution in [0.4, 0.5) is 4.79 Å². The number of hydrogen-bond donors (Lipinski definition) is 2. The van der Waals surface area contributed by atoms with Crippen molar-refractivity contribution in [3.8, 4) is 11.1 Å². The molecular weight excluding hydrogens is 432 g/mol. The molecule has 2 N–H and O–H groups in total. The highest BCUT2D eigenvalue weighted by Crippen LogP contribution is 2.52. The van der Waals surface area contributed by atoms with Gasteiger partial charge in [0, 0.05) is 19.0 Å². The van der Waals surface area contributed by atoms with Crippen LogP contribution in [0.3, 0.4) is 0 Å². The van der Waals surface area contributed by atoms with Gasteiger partial charge in [0.2, 0.25) is 5.91 Å². The minimum Gasteiger partial charge on any atom is -0.481 e. The molecule has 0 aromatic heterocycles. The van der Waals surface area contributed by atoms with Gasteiger partial charge in [0.05, 0.1) is 5.92 Å². The number of nitrogens with zero attached hydrogens (tertiary/aromatic N) is 1. The maximum atomic E-state index is 13.2. The number of rotatable bonds is 7. The van der Waals surface area contributed by atoms with Crippen LogP contribution in [0.25, 0.3) is 11.1 Å². The molecule has 1 heterocycles. The number of carbonyl (C=O) groups excluding carboxylic acids is 2. The molecule has 1 saturated heterocycles. The van der Waals surface area contributed by atoms with Crippen LogP contribution in [0.1, 0.15) is 37.3 Å². The maximum Gasteiger partial charge on any atom is 0.407 e. The molecule has 2 amide bonds. The Kier molecular flexibility index (Phi) is 5.80. The van der Waals surface area contributed by atoms with Crippen LogP contribution in [0.15, 0.2) is 48.5 Å². The van der Waals surface area contributed by atoms with Crippen molar-refractivity contribution in [2.75, 3.05) is 19.7 Å². The van der Waals surface area contributed by atoms with Gasteiger partial charge in [-0.1, -0.05) is 68.8 Å². The molecule has 0 spiro atoms. The van der Waals surface area contributed by atoms with Crippen molar-refractivity contribution in [1.82, 2.24) is 10.2 Å². The SMILES string of the molecule is CC[C@H](C)[C@H](NC(=O)OCC1c2ccccc2-c2ccccc21)C(=O)N1C[C@@H]2C(C(=O)O)[C@@H]2C1. The summed E-state index contributed by atoms with van der Waals surface area (Å²) < 4.78 is 5.66. The van der Waals surface area contributed by atoms with Gasteiger partial charge in [0.25, 0.3) is 0 Å². The molecule has 7 nitrogen and oxygen atoms in total. The number of ether oxygens (including phenoxy) is 1. The average molecular weight is 463 g/mol. The number of amides is 2. The number of hydrogen-bond acceptors (Lipinski definition) is 4. The molecule has 5 rings (SSSR count). The molecule has 34 heavy (non-hydrogen) atoms. The fourth-order valence-corrected chi connectivity index (χ4v) is 5.72. The molecule has 5 atom stereocenters. The first-order chi connectivity index (χ1) is 16.4. The number of carboxylic acids is 1. The van der Waals surface area contributed by atoms with E-state index in [-0.39, 0.29) is 42.1 Å². The third-order valence-corrected chi connectivity index (χ3v) is 7.89. The van der Waals surface area contributed by atoms with Crippen molar-refractivity contribution in [2.24, 2.45) is 23.7 Å². The van der Waals surface area contributed by atoms with E-state index in [1.807, 2.05) is 38.1 Å². The van der Waals surface area contributed by atoms with Crippen LogP contribution >= 0.6 is 0 Å². The number of carboxylic acid groups (broad SMARTS) is 1. The minimum absolute atomic E-state index is 0.0356. The molecule has 2 aliphatic carbocycles. The van der Waals surface area contributed by atoms with E-state index < -0.39 is 18.1 Å². The second kappa shape index (κ2) is 8.78. The highest BCUT2D eigenvalue weighted by atomic mass is 16.5. The summed E-state index contributed by atoms with van der Waals surface area (Å²) in [6.45, 7) is 4.99. The largest absolute Gasteiger partial charge is 0.481 e. The molecular formula is C27H30N2O5. The summed E-state index contributed by atoms with van der Waals surface area (Å²) >= 11 is 0. The molecule has 3 aliphatic rings. The number of alkyl carbamates (subject to hydrolysis) is 1. The van der Waals surface area contributed by atoms with E-state index in [2.05, 4.69) is 29.6 Å². The summed E-state index contributed by atoms with van der Waals surface area (Å²) in [5.74, 6) is -1.31. The van der Waals surface area contributed by atoms with Gasteiger partial charge < -0.3 is 20.1 Å². The fourth-order valence-electron chi connectivity index (χ4n) is 5.72. The Bertz CT molecular complexity index is 1070. The molecule has 0 bridgehead atoms. The second-order valence-corrected chi connectivity index (χ2v) is 9.77. The van der Waals surface area contributed by atoms with Gasteiger partial charge >= 0.3 is 12.1 Å². The Morgan fingerprint density at radius 3 is 2.12 bits per heavy atom. The zero-order chi connectivity index (χ0) is 24.0. The second-order valence-electron chi connectivity index (χ2n) is 9.77. The van der Waals surface area contributed by atoms with E-state index in [0.717, 1.165) is 28.7 Å². The zero-order valence-electron chi connectivity index (χ0n) is 19.4. The molecule has 2 fully saturated rings. The fraction of sp³-hybridized carbons (Fsp3) is 0.444. The zero-order valence-corrected chi connectivity index (χ0v) is 19.4. The Morgan fingerprint density at radius 1 is 1.03 bits per heavy atom. The van der Waals surface area contributed by atoms with Crippen molar-refractivity contribution in [1.29, 1.82) is 0 Å². The van der Waals surface area contributed by atoms with Crippen molar-refractivity contribution in [3.05, 3.63) is 59.7 Å². The molecule has 0 radical (unpaired) electrons. The van der Waals surface area contributed by atoms with Gasteiger partial charge in [-0.15, -0.1) is 0 Å². The van der Waals surface area contributed by atoms with Crippen LogP contribution in [-0.2, 0) is 14.3 Å². The van der Waals surface area contributed by atoms with Crippen LogP contribution < -0.4 is 5.32 Å². The summed E-state index contributed by atoms with van der Waals surface area (Å²) in [5.41, 5.74) is 4.59. The number of aliphatic carboxylic acids is 1.